The molecular weight excluding hydrogens is 184 g/mol. The maximum Gasteiger partial charge on any atom is 0.0288 e. The standard InChI is InChI=1S/C13H20N2/c1-2-10-6-13(5-9(1)15(10)13)11-3-8-4-12(11)14-7-8/h8-12,14H,1-7H2. The monoisotopic (exact) mass is 204 g/mol. The van der Waals surface area contributed by atoms with Crippen LogP contribution >= 0.6 is 0 Å². The molecule has 5 unspecified atom stereocenters. The van der Waals surface area contributed by atoms with E-state index in [4.69, 9.17) is 0 Å². The molecule has 5 aliphatic rings. The quantitative estimate of drug-likeness (QED) is 0.694. The molecule has 4 saturated heterocycles. The van der Waals surface area contributed by atoms with Gasteiger partial charge in [0.15, 0.2) is 0 Å². The second-order valence-electron chi connectivity index (χ2n) is 6.76. The lowest BCUT2D eigenvalue weighted by Crippen LogP contribution is -2.79. The van der Waals surface area contributed by atoms with Gasteiger partial charge in [-0.2, -0.15) is 0 Å². The third kappa shape index (κ3) is 0.734. The summed E-state index contributed by atoms with van der Waals surface area (Å²) in [4.78, 5) is 2.93. The number of fused-ring (bicyclic) bond motifs is 2. The summed E-state index contributed by atoms with van der Waals surface area (Å²) in [5.74, 6) is 2.07. The lowest BCUT2D eigenvalue weighted by atomic mass is 9.59. The van der Waals surface area contributed by atoms with Crippen molar-refractivity contribution >= 4 is 0 Å². The van der Waals surface area contributed by atoms with E-state index in [2.05, 4.69) is 10.2 Å². The number of nitrogens with zero attached hydrogens (tertiary/aromatic N) is 1. The van der Waals surface area contributed by atoms with Crippen LogP contribution in [-0.4, -0.2) is 35.1 Å². The Morgan fingerprint density at radius 3 is 2.47 bits per heavy atom. The Labute approximate surface area is 91.4 Å². The van der Waals surface area contributed by atoms with Gasteiger partial charge >= 0.3 is 0 Å². The van der Waals surface area contributed by atoms with Gasteiger partial charge < -0.3 is 5.32 Å². The van der Waals surface area contributed by atoms with E-state index < -0.39 is 0 Å². The van der Waals surface area contributed by atoms with Crippen LogP contribution in [0, 0.1) is 11.8 Å². The van der Waals surface area contributed by atoms with Gasteiger partial charge in [0.05, 0.1) is 0 Å². The topological polar surface area (TPSA) is 15.3 Å². The molecule has 0 spiro atoms. The molecule has 4 heterocycles. The maximum atomic E-state index is 3.76. The summed E-state index contributed by atoms with van der Waals surface area (Å²) < 4.78 is 0. The van der Waals surface area contributed by atoms with E-state index in [0.29, 0.717) is 0 Å². The largest absolute Gasteiger partial charge is 0.313 e. The van der Waals surface area contributed by atoms with Gasteiger partial charge in [0, 0.05) is 23.7 Å². The van der Waals surface area contributed by atoms with Gasteiger partial charge in [0.2, 0.25) is 0 Å². The molecule has 5 fully saturated rings. The van der Waals surface area contributed by atoms with Crippen molar-refractivity contribution in [3.8, 4) is 0 Å². The zero-order valence-electron chi connectivity index (χ0n) is 9.28. The van der Waals surface area contributed by atoms with Gasteiger partial charge in [-0.25, -0.2) is 0 Å². The number of hydrogen-bond acceptors (Lipinski definition) is 2. The fraction of sp³-hybridized carbons (Fsp3) is 1.00. The fourth-order valence-corrected chi connectivity index (χ4v) is 5.92. The third-order valence-electron chi connectivity index (χ3n) is 6.33. The fourth-order valence-electron chi connectivity index (χ4n) is 5.92. The minimum Gasteiger partial charge on any atom is -0.313 e. The van der Waals surface area contributed by atoms with Crippen molar-refractivity contribution in [3.63, 3.8) is 0 Å². The van der Waals surface area contributed by atoms with Gasteiger partial charge in [-0.3, -0.25) is 4.90 Å². The first kappa shape index (κ1) is 8.08. The average molecular weight is 204 g/mol. The SMILES string of the molecule is C1NC2CC1CC2C12CC3CCC(C1)N32. The van der Waals surface area contributed by atoms with E-state index in [1.807, 2.05) is 0 Å². The molecule has 2 bridgehead atoms. The van der Waals surface area contributed by atoms with Crippen LogP contribution in [0.25, 0.3) is 0 Å². The molecule has 1 saturated carbocycles. The van der Waals surface area contributed by atoms with E-state index in [1.165, 1.54) is 25.8 Å². The molecule has 5 atom stereocenters. The highest BCUT2D eigenvalue weighted by Crippen LogP contribution is 2.64. The zero-order chi connectivity index (χ0) is 9.62. The minimum atomic E-state index is 0.721. The Morgan fingerprint density at radius 1 is 1.07 bits per heavy atom. The van der Waals surface area contributed by atoms with Crippen LogP contribution in [0.15, 0.2) is 0 Å². The first-order valence-corrected chi connectivity index (χ1v) is 6.89. The Morgan fingerprint density at radius 2 is 1.87 bits per heavy atom. The normalized spacial score (nSPS) is 65.2. The van der Waals surface area contributed by atoms with Crippen LogP contribution in [0.5, 0.6) is 0 Å². The summed E-state index contributed by atoms with van der Waals surface area (Å²) in [5.41, 5.74) is 0.721. The smallest absolute Gasteiger partial charge is 0.0288 e. The molecule has 5 rings (SSSR count). The summed E-state index contributed by atoms with van der Waals surface area (Å²) in [6, 6.07) is 2.93. The lowest BCUT2D eigenvalue weighted by Gasteiger charge is -2.70. The minimum absolute atomic E-state index is 0.721. The van der Waals surface area contributed by atoms with Crippen molar-refractivity contribution in [2.75, 3.05) is 6.54 Å². The summed E-state index contributed by atoms with van der Waals surface area (Å²) in [6.45, 7) is 1.32. The highest BCUT2D eigenvalue weighted by molar-refractivity contribution is 5.26. The van der Waals surface area contributed by atoms with E-state index in [0.717, 1.165) is 35.5 Å². The number of hydrogen-bond donors (Lipinski definition) is 1. The van der Waals surface area contributed by atoms with Gasteiger partial charge in [-0.05, 0) is 56.9 Å². The predicted octanol–water partition coefficient (Wildman–Crippen LogP) is 1.36. The molecule has 2 nitrogen and oxygen atoms in total. The molecule has 1 aliphatic carbocycles. The number of nitrogens with one attached hydrogen (secondary N) is 1. The van der Waals surface area contributed by atoms with Crippen LogP contribution in [0.1, 0.15) is 38.5 Å². The van der Waals surface area contributed by atoms with Crippen LogP contribution in [0.4, 0.5) is 0 Å². The summed E-state index contributed by atoms with van der Waals surface area (Å²) >= 11 is 0. The van der Waals surface area contributed by atoms with E-state index in [9.17, 15) is 0 Å². The molecule has 0 aromatic heterocycles. The maximum absolute atomic E-state index is 3.76. The van der Waals surface area contributed by atoms with Crippen LogP contribution in [0.2, 0.25) is 0 Å². The molecule has 0 aromatic rings. The second kappa shape index (κ2) is 2.28. The second-order valence-corrected chi connectivity index (χ2v) is 6.76. The van der Waals surface area contributed by atoms with Crippen molar-refractivity contribution in [3.05, 3.63) is 0 Å². The molecule has 1 N–H and O–H groups in total. The van der Waals surface area contributed by atoms with Gasteiger partial charge in [0.1, 0.15) is 0 Å². The van der Waals surface area contributed by atoms with Crippen LogP contribution < -0.4 is 5.32 Å². The van der Waals surface area contributed by atoms with Gasteiger partial charge in [-0.1, -0.05) is 0 Å². The lowest BCUT2D eigenvalue weighted by molar-refractivity contribution is -0.200. The van der Waals surface area contributed by atoms with Gasteiger partial charge in [0.25, 0.3) is 0 Å². The molecule has 0 radical (unpaired) electrons. The Balaban J connectivity index is 1.47. The number of piperidine rings is 2. The Kier molecular flexibility index (Phi) is 1.23. The third-order valence-corrected chi connectivity index (χ3v) is 6.33. The number of rotatable bonds is 1. The highest BCUT2D eigenvalue weighted by Gasteiger charge is 2.70. The summed E-state index contributed by atoms with van der Waals surface area (Å²) in [6.07, 6.45) is 9.18. The van der Waals surface area contributed by atoms with E-state index >= 15 is 0 Å². The molecule has 0 aromatic carbocycles. The molecule has 4 aliphatic heterocycles. The first-order chi connectivity index (χ1) is 7.37. The Bertz CT molecular complexity index is 312. The molecule has 15 heavy (non-hydrogen) atoms. The van der Waals surface area contributed by atoms with E-state index in [-0.39, 0.29) is 0 Å². The molecular formula is C13H20N2. The van der Waals surface area contributed by atoms with Gasteiger partial charge in [-0.15, -0.1) is 0 Å². The first-order valence-electron chi connectivity index (χ1n) is 6.89. The zero-order valence-corrected chi connectivity index (χ0v) is 9.28. The average Bonchev–Trinajstić information content (AvgIpc) is 2.83. The van der Waals surface area contributed by atoms with Crippen molar-refractivity contribution in [1.29, 1.82) is 0 Å². The molecule has 0 amide bonds. The van der Waals surface area contributed by atoms with Crippen LogP contribution in [-0.2, 0) is 0 Å². The highest BCUT2D eigenvalue weighted by atomic mass is 15.4. The van der Waals surface area contributed by atoms with Crippen molar-refractivity contribution in [1.82, 2.24) is 10.2 Å². The van der Waals surface area contributed by atoms with Crippen LogP contribution in [0.3, 0.4) is 0 Å². The van der Waals surface area contributed by atoms with Crippen molar-refractivity contribution < 1.29 is 0 Å². The summed E-state index contributed by atoms with van der Waals surface area (Å²) in [7, 11) is 0. The Hall–Kier alpha value is -0.0800. The molecule has 2 heteroatoms. The van der Waals surface area contributed by atoms with Crippen molar-refractivity contribution in [2.45, 2.75) is 62.2 Å². The molecule has 82 valence electrons. The van der Waals surface area contributed by atoms with E-state index in [1.54, 1.807) is 19.3 Å². The summed E-state index contributed by atoms with van der Waals surface area (Å²) in [5, 5.41) is 3.76. The van der Waals surface area contributed by atoms with Crippen molar-refractivity contribution in [2.24, 2.45) is 11.8 Å². The predicted molar refractivity (Wildman–Crippen MR) is 58.6 cm³/mol.